The number of benzene rings is 1. The zero-order chi connectivity index (χ0) is 19.8. The SMILES string of the molecule is O=C(c1cc([N+](=O)[O-])ccc1Cl)N1CCC(c2nnc(C(F)(F)F)o2)CC1. The van der Waals surface area contributed by atoms with Gasteiger partial charge in [0.15, 0.2) is 0 Å². The third kappa shape index (κ3) is 4.02. The highest BCUT2D eigenvalue weighted by molar-refractivity contribution is 6.33. The lowest BCUT2D eigenvalue weighted by atomic mass is 9.96. The van der Waals surface area contributed by atoms with Gasteiger partial charge in [-0.25, -0.2) is 0 Å². The molecule has 27 heavy (non-hydrogen) atoms. The van der Waals surface area contributed by atoms with E-state index >= 15 is 0 Å². The van der Waals surface area contributed by atoms with Gasteiger partial charge in [0, 0.05) is 31.1 Å². The van der Waals surface area contributed by atoms with Crippen LogP contribution in [0.15, 0.2) is 22.6 Å². The van der Waals surface area contributed by atoms with E-state index < -0.39 is 28.8 Å². The van der Waals surface area contributed by atoms with E-state index in [9.17, 15) is 28.1 Å². The second kappa shape index (κ2) is 7.14. The Morgan fingerprint density at radius 1 is 1.30 bits per heavy atom. The summed E-state index contributed by atoms with van der Waals surface area (Å²) in [6.07, 6.45) is -4.07. The lowest BCUT2D eigenvalue weighted by molar-refractivity contribution is -0.384. The van der Waals surface area contributed by atoms with Crippen LogP contribution in [0.5, 0.6) is 0 Å². The standard InChI is InChI=1S/C15H12ClF3N4O4/c16-11-2-1-9(23(25)26)7-10(11)13(24)22-5-3-8(4-6-22)12-20-21-14(27-12)15(17,18)19/h1-2,7-8H,3-6H2. The predicted molar refractivity (Wildman–Crippen MR) is 85.3 cm³/mol. The van der Waals surface area contributed by atoms with Crippen LogP contribution in [0.25, 0.3) is 0 Å². The molecule has 1 aliphatic rings. The molecule has 3 rings (SSSR count). The van der Waals surface area contributed by atoms with Gasteiger partial charge in [-0.2, -0.15) is 13.2 Å². The Hall–Kier alpha value is -2.69. The number of alkyl halides is 3. The first-order valence-electron chi connectivity index (χ1n) is 7.80. The van der Waals surface area contributed by atoms with Gasteiger partial charge in [0.1, 0.15) is 0 Å². The van der Waals surface area contributed by atoms with E-state index in [0.717, 1.165) is 6.07 Å². The molecule has 2 heterocycles. The number of aromatic nitrogens is 2. The van der Waals surface area contributed by atoms with E-state index in [1.54, 1.807) is 0 Å². The van der Waals surface area contributed by atoms with Gasteiger partial charge < -0.3 is 9.32 Å². The molecule has 12 heteroatoms. The summed E-state index contributed by atoms with van der Waals surface area (Å²) in [7, 11) is 0. The molecule has 1 aliphatic heterocycles. The highest BCUT2D eigenvalue weighted by Gasteiger charge is 2.39. The van der Waals surface area contributed by atoms with Crippen molar-refractivity contribution in [2.24, 2.45) is 0 Å². The normalized spacial score (nSPS) is 15.8. The molecule has 1 aromatic carbocycles. The second-order valence-electron chi connectivity index (χ2n) is 5.93. The minimum Gasteiger partial charge on any atom is -0.417 e. The van der Waals surface area contributed by atoms with E-state index in [4.69, 9.17) is 11.6 Å². The Bertz CT molecular complexity index is 878. The molecule has 1 amide bonds. The fourth-order valence-electron chi connectivity index (χ4n) is 2.80. The third-order valence-corrected chi connectivity index (χ3v) is 4.54. The molecule has 0 spiro atoms. The van der Waals surface area contributed by atoms with E-state index in [-0.39, 0.29) is 35.3 Å². The van der Waals surface area contributed by atoms with Gasteiger partial charge in [-0.3, -0.25) is 14.9 Å². The van der Waals surface area contributed by atoms with Crippen LogP contribution in [0.4, 0.5) is 18.9 Å². The van der Waals surface area contributed by atoms with Gasteiger partial charge in [0.25, 0.3) is 11.6 Å². The molecule has 0 unspecified atom stereocenters. The van der Waals surface area contributed by atoms with Crippen LogP contribution in [0.2, 0.25) is 5.02 Å². The highest BCUT2D eigenvalue weighted by atomic mass is 35.5. The van der Waals surface area contributed by atoms with E-state index in [0.29, 0.717) is 12.8 Å². The van der Waals surface area contributed by atoms with Gasteiger partial charge in [0.2, 0.25) is 5.89 Å². The molecule has 2 aromatic rings. The average molecular weight is 405 g/mol. The van der Waals surface area contributed by atoms with E-state index in [2.05, 4.69) is 14.6 Å². The first-order valence-corrected chi connectivity index (χ1v) is 8.18. The van der Waals surface area contributed by atoms with Crippen molar-refractivity contribution in [1.29, 1.82) is 0 Å². The molecule has 0 atom stereocenters. The molecule has 8 nitrogen and oxygen atoms in total. The lowest BCUT2D eigenvalue weighted by Crippen LogP contribution is -2.38. The van der Waals surface area contributed by atoms with Crippen molar-refractivity contribution in [3.63, 3.8) is 0 Å². The Kier molecular flexibility index (Phi) is 5.05. The molecule has 0 saturated carbocycles. The summed E-state index contributed by atoms with van der Waals surface area (Å²) in [6.45, 7) is 0.429. The molecule has 0 radical (unpaired) electrons. The maximum Gasteiger partial charge on any atom is 0.470 e. The number of carbonyl (C=O) groups excluding carboxylic acids is 1. The number of rotatable bonds is 3. The molecular weight excluding hydrogens is 393 g/mol. The molecular formula is C15H12ClF3N4O4. The molecule has 1 aromatic heterocycles. The van der Waals surface area contributed by atoms with Crippen molar-refractivity contribution in [2.45, 2.75) is 24.9 Å². The molecule has 0 N–H and O–H groups in total. The first kappa shape index (κ1) is 19.1. The minimum absolute atomic E-state index is 0.00136. The van der Waals surface area contributed by atoms with Crippen LogP contribution in [0.1, 0.15) is 40.9 Å². The van der Waals surface area contributed by atoms with Crippen molar-refractivity contribution in [2.75, 3.05) is 13.1 Å². The Morgan fingerprint density at radius 3 is 2.52 bits per heavy atom. The number of nitrogens with zero attached hydrogens (tertiary/aromatic N) is 4. The summed E-state index contributed by atoms with van der Waals surface area (Å²) >= 11 is 5.98. The summed E-state index contributed by atoms with van der Waals surface area (Å²) in [4.78, 5) is 24.3. The average Bonchev–Trinajstić information content (AvgIpc) is 3.12. The maximum atomic E-state index is 12.6. The summed E-state index contributed by atoms with van der Waals surface area (Å²) in [6, 6.07) is 3.57. The van der Waals surface area contributed by atoms with Crippen molar-refractivity contribution in [1.82, 2.24) is 15.1 Å². The highest BCUT2D eigenvalue weighted by Crippen LogP contribution is 2.33. The van der Waals surface area contributed by atoms with Crippen LogP contribution < -0.4 is 0 Å². The first-order chi connectivity index (χ1) is 12.7. The van der Waals surface area contributed by atoms with Crippen LogP contribution >= 0.6 is 11.6 Å². The topological polar surface area (TPSA) is 102 Å². The monoisotopic (exact) mass is 404 g/mol. The Morgan fingerprint density at radius 2 is 1.96 bits per heavy atom. The van der Waals surface area contributed by atoms with Crippen molar-refractivity contribution in [3.05, 3.63) is 50.7 Å². The number of hydrogen-bond donors (Lipinski definition) is 0. The van der Waals surface area contributed by atoms with E-state index in [1.807, 2.05) is 0 Å². The fraction of sp³-hybridized carbons (Fsp3) is 0.400. The third-order valence-electron chi connectivity index (χ3n) is 4.21. The number of halogens is 4. The molecule has 1 saturated heterocycles. The number of nitro benzene ring substituents is 1. The largest absolute Gasteiger partial charge is 0.470 e. The van der Waals surface area contributed by atoms with Crippen molar-refractivity contribution in [3.8, 4) is 0 Å². The fourth-order valence-corrected chi connectivity index (χ4v) is 3.00. The van der Waals surface area contributed by atoms with Gasteiger partial charge in [-0.15, -0.1) is 10.2 Å². The molecule has 144 valence electrons. The van der Waals surface area contributed by atoms with Crippen LogP contribution in [0, 0.1) is 10.1 Å². The summed E-state index contributed by atoms with van der Waals surface area (Å²) < 4.78 is 42.3. The Labute approximate surface area is 155 Å². The number of non-ortho nitro benzene ring substituents is 1. The number of piperidine rings is 1. The number of likely N-dealkylation sites (tertiary alicyclic amines) is 1. The summed E-state index contributed by atoms with van der Waals surface area (Å²) in [5, 5.41) is 17.4. The lowest BCUT2D eigenvalue weighted by Gasteiger charge is -2.30. The molecule has 1 fully saturated rings. The summed E-state index contributed by atoms with van der Waals surface area (Å²) in [5.74, 6) is -2.41. The smallest absolute Gasteiger partial charge is 0.417 e. The zero-order valence-electron chi connectivity index (χ0n) is 13.6. The Balaban J connectivity index is 1.69. The van der Waals surface area contributed by atoms with Gasteiger partial charge in [-0.1, -0.05) is 11.6 Å². The number of hydrogen-bond acceptors (Lipinski definition) is 6. The van der Waals surface area contributed by atoms with Crippen molar-refractivity contribution < 1.29 is 27.3 Å². The van der Waals surface area contributed by atoms with Gasteiger partial charge in [-0.05, 0) is 18.9 Å². The molecule has 0 aliphatic carbocycles. The molecule has 0 bridgehead atoms. The van der Waals surface area contributed by atoms with Crippen LogP contribution in [0.3, 0.4) is 0 Å². The number of carbonyl (C=O) groups is 1. The number of nitro groups is 1. The minimum atomic E-state index is -4.71. The van der Waals surface area contributed by atoms with Crippen LogP contribution in [-0.2, 0) is 6.18 Å². The van der Waals surface area contributed by atoms with Gasteiger partial charge in [0.05, 0.1) is 15.5 Å². The zero-order valence-corrected chi connectivity index (χ0v) is 14.3. The maximum absolute atomic E-state index is 12.6. The van der Waals surface area contributed by atoms with E-state index in [1.165, 1.54) is 17.0 Å². The summed E-state index contributed by atoms with van der Waals surface area (Å²) in [5.41, 5.74) is -0.260. The second-order valence-corrected chi connectivity index (χ2v) is 6.34. The van der Waals surface area contributed by atoms with Crippen LogP contribution in [-0.4, -0.2) is 39.0 Å². The number of amides is 1. The predicted octanol–water partition coefficient (Wildman–Crippen LogP) is 3.67. The quantitative estimate of drug-likeness (QED) is 0.571. The van der Waals surface area contributed by atoms with Crippen molar-refractivity contribution >= 4 is 23.2 Å². The van der Waals surface area contributed by atoms with Gasteiger partial charge >= 0.3 is 12.1 Å².